The molecule has 3 aromatic carbocycles. The van der Waals surface area contributed by atoms with Gasteiger partial charge in [-0.05, 0) is 60.5 Å². The van der Waals surface area contributed by atoms with Crippen molar-refractivity contribution in [2.24, 2.45) is 0 Å². The summed E-state index contributed by atoms with van der Waals surface area (Å²) in [6, 6.07) is 18.7. The highest BCUT2D eigenvalue weighted by molar-refractivity contribution is 5.85. The summed E-state index contributed by atoms with van der Waals surface area (Å²) < 4.78 is 21.5. The minimum atomic E-state index is -0.430. The van der Waals surface area contributed by atoms with Gasteiger partial charge in [0.25, 0.3) is 0 Å². The summed E-state index contributed by atoms with van der Waals surface area (Å²) in [7, 11) is 3.28. The molecule has 1 heterocycles. The Hall–Kier alpha value is -3.87. The lowest BCUT2D eigenvalue weighted by atomic mass is 10.0. The van der Waals surface area contributed by atoms with Gasteiger partial charge < -0.3 is 29.6 Å². The minimum Gasteiger partial charge on any atom is -0.497 e. The number of fused-ring (bicyclic) bond motifs is 1. The van der Waals surface area contributed by atoms with Crippen LogP contribution in [0.3, 0.4) is 0 Å². The van der Waals surface area contributed by atoms with Crippen LogP contribution in [0.2, 0.25) is 0 Å². The first kappa shape index (κ1) is 21.4. The van der Waals surface area contributed by atoms with Crippen molar-refractivity contribution in [3.8, 4) is 34.1 Å². The van der Waals surface area contributed by atoms with Crippen molar-refractivity contribution in [3.63, 3.8) is 0 Å². The summed E-state index contributed by atoms with van der Waals surface area (Å²) in [6.45, 7) is 2.46. The van der Waals surface area contributed by atoms with Gasteiger partial charge in [-0.3, -0.25) is 4.79 Å². The van der Waals surface area contributed by atoms with Gasteiger partial charge in [0.1, 0.15) is 17.5 Å². The van der Waals surface area contributed by atoms with E-state index < -0.39 is 6.04 Å². The molecule has 32 heavy (non-hydrogen) atoms. The van der Waals surface area contributed by atoms with E-state index in [4.69, 9.17) is 18.9 Å². The molecule has 0 fully saturated rings. The van der Waals surface area contributed by atoms with Gasteiger partial charge >= 0.3 is 0 Å². The lowest BCUT2D eigenvalue weighted by Crippen LogP contribution is -2.37. The van der Waals surface area contributed by atoms with Crippen LogP contribution in [0.25, 0.3) is 11.1 Å². The summed E-state index contributed by atoms with van der Waals surface area (Å²) in [5, 5.41) is 6.22. The van der Waals surface area contributed by atoms with Gasteiger partial charge in [0.05, 0.1) is 14.2 Å². The number of amides is 1. The Morgan fingerprint density at radius 2 is 1.75 bits per heavy atom. The molecule has 7 nitrogen and oxygen atoms in total. The normalized spacial score (nSPS) is 12.7. The average Bonchev–Trinajstić information content (AvgIpc) is 3.30. The number of hydrogen-bond acceptors (Lipinski definition) is 6. The third-order valence-electron chi connectivity index (χ3n) is 5.28. The average molecular weight is 434 g/mol. The molecular formula is C25H26N2O5. The number of benzene rings is 3. The number of methoxy groups -OCH3 is 2. The second kappa shape index (κ2) is 9.51. The molecule has 2 N–H and O–H groups in total. The summed E-state index contributed by atoms with van der Waals surface area (Å²) in [5.74, 6) is 2.86. The molecule has 1 aliphatic rings. The highest BCUT2D eigenvalue weighted by atomic mass is 16.7. The van der Waals surface area contributed by atoms with Gasteiger partial charge in [0.2, 0.25) is 12.7 Å². The number of rotatable bonds is 8. The number of nitrogens with one attached hydrogen (secondary N) is 2. The zero-order valence-electron chi connectivity index (χ0n) is 18.3. The lowest BCUT2D eigenvalue weighted by molar-refractivity contribution is -0.121. The lowest BCUT2D eigenvalue weighted by Gasteiger charge is -2.17. The van der Waals surface area contributed by atoms with Gasteiger partial charge in [0.15, 0.2) is 11.5 Å². The molecule has 1 atom stereocenters. The molecule has 1 amide bonds. The Bertz CT molecular complexity index is 1100. The molecule has 0 spiro atoms. The van der Waals surface area contributed by atoms with Crippen LogP contribution in [0.15, 0.2) is 60.7 Å². The maximum absolute atomic E-state index is 12.6. The number of anilines is 1. The van der Waals surface area contributed by atoms with Crippen LogP contribution < -0.4 is 29.6 Å². The van der Waals surface area contributed by atoms with Gasteiger partial charge in [-0.2, -0.15) is 0 Å². The van der Waals surface area contributed by atoms with Crippen LogP contribution >= 0.6 is 0 Å². The van der Waals surface area contributed by atoms with E-state index in [1.54, 1.807) is 14.2 Å². The van der Waals surface area contributed by atoms with Crippen LogP contribution in [0.1, 0.15) is 12.5 Å². The van der Waals surface area contributed by atoms with E-state index in [1.165, 1.54) is 0 Å². The summed E-state index contributed by atoms with van der Waals surface area (Å²) in [6.07, 6.45) is 0. The number of carbonyl (C=O) groups excluding carboxylic acids is 1. The third kappa shape index (κ3) is 4.72. The van der Waals surface area contributed by atoms with Crippen molar-refractivity contribution in [1.29, 1.82) is 0 Å². The predicted octanol–water partition coefficient (Wildman–Crippen LogP) is 4.22. The van der Waals surface area contributed by atoms with Crippen molar-refractivity contribution in [3.05, 3.63) is 66.2 Å². The van der Waals surface area contributed by atoms with Gasteiger partial charge in [-0.1, -0.05) is 18.2 Å². The number of hydrogen-bond donors (Lipinski definition) is 2. The Kier molecular flexibility index (Phi) is 6.35. The SMILES string of the molecule is COc1ccc(-c2cc(N[C@H](C)C(=O)NCc3ccc4c(c3)OCO4)ccc2OC)cc1. The fraction of sp³-hybridized carbons (Fsp3) is 0.240. The Balaban J connectivity index is 1.41. The molecule has 0 aromatic heterocycles. The molecule has 166 valence electrons. The smallest absolute Gasteiger partial charge is 0.242 e. The monoisotopic (exact) mass is 434 g/mol. The number of carbonyl (C=O) groups is 1. The van der Waals surface area contributed by atoms with Gasteiger partial charge in [-0.25, -0.2) is 0 Å². The van der Waals surface area contributed by atoms with E-state index in [1.807, 2.05) is 67.6 Å². The molecule has 0 saturated carbocycles. The second-order valence-electron chi connectivity index (χ2n) is 7.42. The molecule has 0 saturated heterocycles. The Morgan fingerprint density at radius 1 is 0.969 bits per heavy atom. The zero-order chi connectivity index (χ0) is 22.5. The highest BCUT2D eigenvalue weighted by Gasteiger charge is 2.16. The zero-order valence-corrected chi connectivity index (χ0v) is 18.3. The van der Waals surface area contributed by atoms with Gasteiger partial charge in [0, 0.05) is 17.8 Å². The van der Waals surface area contributed by atoms with E-state index in [-0.39, 0.29) is 12.7 Å². The van der Waals surface area contributed by atoms with Crippen LogP contribution in [-0.2, 0) is 11.3 Å². The molecular weight excluding hydrogens is 408 g/mol. The van der Waals surface area contributed by atoms with Crippen LogP contribution in [0.5, 0.6) is 23.0 Å². The molecule has 0 radical (unpaired) electrons. The van der Waals surface area contributed by atoms with E-state index in [2.05, 4.69) is 10.6 Å². The number of ether oxygens (including phenoxy) is 4. The van der Waals surface area contributed by atoms with Crippen molar-refractivity contribution in [2.45, 2.75) is 19.5 Å². The van der Waals surface area contributed by atoms with Crippen molar-refractivity contribution >= 4 is 11.6 Å². The predicted molar refractivity (Wildman–Crippen MR) is 122 cm³/mol. The first-order valence-electron chi connectivity index (χ1n) is 10.3. The van der Waals surface area contributed by atoms with E-state index in [9.17, 15) is 4.79 Å². The molecule has 0 unspecified atom stereocenters. The molecule has 7 heteroatoms. The van der Waals surface area contributed by atoms with Crippen LogP contribution in [0.4, 0.5) is 5.69 Å². The third-order valence-corrected chi connectivity index (χ3v) is 5.28. The molecule has 0 aliphatic carbocycles. The van der Waals surface area contributed by atoms with E-state index in [0.717, 1.165) is 39.6 Å². The standard InChI is InChI=1S/C25H26N2O5/c1-16(25(28)26-14-17-4-10-23-24(12-17)32-15-31-23)27-19-7-11-22(30-3)21(13-19)18-5-8-20(29-2)9-6-18/h4-13,16,27H,14-15H2,1-3H3,(H,26,28)/t16-/m1/s1. The Morgan fingerprint density at radius 3 is 2.50 bits per heavy atom. The van der Waals surface area contributed by atoms with Crippen molar-refractivity contribution in [2.75, 3.05) is 26.3 Å². The largest absolute Gasteiger partial charge is 0.497 e. The fourth-order valence-electron chi connectivity index (χ4n) is 3.50. The van der Waals surface area contributed by atoms with Gasteiger partial charge in [-0.15, -0.1) is 0 Å². The van der Waals surface area contributed by atoms with Crippen LogP contribution in [-0.4, -0.2) is 33.0 Å². The van der Waals surface area contributed by atoms with E-state index >= 15 is 0 Å². The topological polar surface area (TPSA) is 78.1 Å². The maximum atomic E-state index is 12.6. The highest BCUT2D eigenvalue weighted by Crippen LogP contribution is 2.34. The maximum Gasteiger partial charge on any atom is 0.242 e. The molecule has 1 aliphatic heterocycles. The Labute approximate surface area is 187 Å². The summed E-state index contributed by atoms with van der Waals surface area (Å²) >= 11 is 0. The minimum absolute atomic E-state index is 0.107. The molecule has 4 rings (SSSR count). The quantitative estimate of drug-likeness (QED) is 0.553. The van der Waals surface area contributed by atoms with Crippen LogP contribution in [0, 0.1) is 0 Å². The van der Waals surface area contributed by atoms with Crippen molar-refractivity contribution < 1.29 is 23.7 Å². The second-order valence-corrected chi connectivity index (χ2v) is 7.42. The molecule has 3 aromatic rings. The van der Waals surface area contributed by atoms with Crippen molar-refractivity contribution in [1.82, 2.24) is 5.32 Å². The summed E-state index contributed by atoms with van der Waals surface area (Å²) in [5.41, 5.74) is 3.68. The molecule has 0 bridgehead atoms. The van der Waals surface area contributed by atoms with E-state index in [0.29, 0.717) is 12.3 Å². The summed E-state index contributed by atoms with van der Waals surface area (Å²) in [4.78, 5) is 12.6. The first-order chi connectivity index (χ1) is 15.6. The fourth-order valence-corrected chi connectivity index (χ4v) is 3.50. The first-order valence-corrected chi connectivity index (χ1v) is 10.3.